The number of amides is 2. The maximum absolute atomic E-state index is 12.3. The second-order valence-corrected chi connectivity index (χ2v) is 7.58. The Morgan fingerprint density at radius 3 is 2.71 bits per heavy atom. The standard InChI is InChI=1S/C22H19F3N8O/c1-14(5-6-26)32-12-17(10-29-32)16-8-20-27-11-19(33(20)30-9-16)15-3-2-4-18(7-15)31-21(34)28-13-22(23,24)25/h2-4,7-12,14H,5,13H2,1H3,(H2,28,31,34). The van der Waals surface area contributed by atoms with E-state index in [0.29, 0.717) is 29.0 Å². The van der Waals surface area contributed by atoms with E-state index in [4.69, 9.17) is 5.26 Å². The minimum Gasteiger partial charge on any atom is -0.329 e. The molecule has 4 rings (SSSR count). The van der Waals surface area contributed by atoms with Crippen molar-refractivity contribution in [3.63, 3.8) is 0 Å². The Labute approximate surface area is 191 Å². The number of aromatic nitrogens is 5. The van der Waals surface area contributed by atoms with Gasteiger partial charge >= 0.3 is 12.2 Å². The SMILES string of the molecule is CC(CC#N)n1cc(-c2cnn3c(-c4cccc(NC(=O)NCC(F)(F)F)c4)cnc3c2)cn1. The van der Waals surface area contributed by atoms with Gasteiger partial charge in [0.2, 0.25) is 0 Å². The Bertz CT molecular complexity index is 1370. The minimum absolute atomic E-state index is 0.0510. The number of fused-ring (bicyclic) bond motifs is 1. The van der Waals surface area contributed by atoms with Gasteiger partial charge in [0.1, 0.15) is 6.54 Å². The summed E-state index contributed by atoms with van der Waals surface area (Å²) in [4.78, 5) is 16.2. The van der Waals surface area contributed by atoms with Crippen molar-refractivity contribution in [2.45, 2.75) is 25.6 Å². The van der Waals surface area contributed by atoms with Crippen LogP contribution < -0.4 is 10.6 Å². The van der Waals surface area contributed by atoms with Gasteiger partial charge in [-0.25, -0.2) is 14.3 Å². The molecule has 1 aromatic carbocycles. The normalized spacial score (nSPS) is 12.3. The smallest absolute Gasteiger partial charge is 0.329 e. The number of nitrogens with zero attached hydrogens (tertiary/aromatic N) is 6. The number of hydrogen-bond acceptors (Lipinski definition) is 5. The first-order valence-corrected chi connectivity index (χ1v) is 10.2. The second-order valence-electron chi connectivity index (χ2n) is 7.58. The van der Waals surface area contributed by atoms with Crippen LogP contribution >= 0.6 is 0 Å². The summed E-state index contributed by atoms with van der Waals surface area (Å²) in [7, 11) is 0. The average Bonchev–Trinajstić information content (AvgIpc) is 3.45. The molecule has 9 nitrogen and oxygen atoms in total. The molecule has 174 valence electrons. The van der Waals surface area contributed by atoms with Crippen molar-refractivity contribution in [2.24, 2.45) is 0 Å². The fourth-order valence-electron chi connectivity index (χ4n) is 3.30. The van der Waals surface area contributed by atoms with E-state index in [1.165, 1.54) is 0 Å². The molecular weight excluding hydrogens is 449 g/mol. The van der Waals surface area contributed by atoms with Gasteiger partial charge < -0.3 is 10.6 Å². The maximum atomic E-state index is 12.3. The van der Waals surface area contributed by atoms with Crippen molar-refractivity contribution in [3.05, 3.63) is 55.1 Å². The minimum atomic E-state index is -4.49. The van der Waals surface area contributed by atoms with Crippen LogP contribution in [0.2, 0.25) is 0 Å². The van der Waals surface area contributed by atoms with Crippen LogP contribution in [0.4, 0.5) is 23.7 Å². The predicted molar refractivity (Wildman–Crippen MR) is 118 cm³/mol. The van der Waals surface area contributed by atoms with Gasteiger partial charge in [-0.2, -0.15) is 28.6 Å². The number of urea groups is 1. The van der Waals surface area contributed by atoms with Crippen LogP contribution in [0, 0.1) is 11.3 Å². The average molecular weight is 468 g/mol. The molecule has 0 saturated heterocycles. The summed E-state index contributed by atoms with van der Waals surface area (Å²) in [6.07, 6.45) is 2.69. The fourth-order valence-corrected chi connectivity index (χ4v) is 3.30. The van der Waals surface area contributed by atoms with E-state index < -0.39 is 18.8 Å². The van der Waals surface area contributed by atoms with E-state index in [1.807, 2.05) is 19.2 Å². The molecule has 3 aromatic heterocycles. The number of carbonyl (C=O) groups excluding carboxylic acids is 1. The summed E-state index contributed by atoms with van der Waals surface area (Å²) in [5.74, 6) is 0. The van der Waals surface area contributed by atoms with Crippen molar-refractivity contribution in [3.8, 4) is 28.5 Å². The highest BCUT2D eigenvalue weighted by atomic mass is 19.4. The molecule has 1 atom stereocenters. The Morgan fingerprint density at radius 2 is 1.94 bits per heavy atom. The van der Waals surface area contributed by atoms with E-state index in [9.17, 15) is 18.0 Å². The summed E-state index contributed by atoms with van der Waals surface area (Å²) >= 11 is 0. The fraction of sp³-hybridized carbons (Fsp3) is 0.227. The van der Waals surface area contributed by atoms with Crippen LogP contribution in [0.3, 0.4) is 0 Å². The number of nitrogens with one attached hydrogen (secondary N) is 2. The first kappa shape index (κ1) is 22.8. The Kier molecular flexibility index (Phi) is 6.18. The van der Waals surface area contributed by atoms with Gasteiger partial charge in [-0.3, -0.25) is 4.68 Å². The quantitative estimate of drug-likeness (QED) is 0.435. The molecule has 2 N–H and O–H groups in total. The zero-order valence-electron chi connectivity index (χ0n) is 17.9. The van der Waals surface area contributed by atoms with Gasteiger partial charge in [0.25, 0.3) is 0 Å². The lowest BCUT2D eigenvalue weighted by molar-refractivity contribution is -0.122. The van der Waals surface area contributed by atoms with E-state index in [-0.39, 0.29) is 6.04 Å². The van der Waals surface area contributed by atoms with Crippen molar-refractivity contribution < 1.29 is 18.0 Å². The van der Waals surface area contributed by atoms with E-state index in [0.717, 1.165) is 11.1 Å². The summed E-state index contributed by atoms with van der Waals surface area (Å²) in [5, 5.41) is 21.8. The van der Waals surface area contributed by atoms with Gasteiger partial charge in [-0.1, -0.05) is 12.1 Å². The number of rotatable bonds is 6. The van der Waals surface area contributed by atoms with Crippen LogP contribution in [0.1, 0.15) is 19.4 Å². The zero-order chi connectivity index (χ0) is 24.3. The Hall–Kier alpha value is -4.40. The van der Waals surface area contributed by atoms with Crippen LogP contribution in [0.5, 0.6) is 0 Å². The number of alkyl halides is 3. The monoisotopic (exact) mass is 468 g/mol. The molecule has 34 heavy (non-hydrogen) atoms. The molecule has 4 aromatic rings. The summed E-state index contributed by atoms with van der Waals surface area (Å²) in [6.45, 7) is 0.486. The predicted octanol–water partition coefficient (Wildman–Crippen LogP) is 4.42. The number of halogens is 3. The Balaban J connectivity index is 1.54. The molecule has 0 saturated carbocycles. The molecule has 0 aliphatic carbocycles. The number of carbonyl (C=O) groups is 1. The lowest BCUT2D eigenvalue weighted by atomic mass is 10.1. The van der Waals surface area contributed by atoms with Crippen molar-refractivity contribution in [2.75, 3.05) is 11.9 Å². The van der Waals surface area contributed by atoms with Gasteiger partial charge in [0.05, 0.1) is 42.8 Å². The largest absolute Gasteiger partial charge is 0.405 e. The van der Waals surface area contributed by atoms with Crippen LogP contribution in [-0.2, 0) is 0 Å². The number of anilines is 1. The topological polar surface area (TPSA) is 113 Å². The first-order valence-electron chi connectivity index (χ1n) is 10.2. The lowest BCUT2D eigenvalue weighted by Crippen LogP contribution is -2.36. The van der Waals surface area contributed by atoms with E-state index in [2.05, 4.69) is 26.6 Å². The van der Waals surface area contributed by atoms with Crippen LogP contribution in [-0.4, -0.2) is 43.1 Å². The maximum Gasteiger partial charge on any atom is 0.405 e. The number of benzene rings is 1. The highest BCUT2D eigenvalue weighted by Gasteiger charge is 2.27. The molecule has 0 spiro atoms. The molecule has 3 heterocycles. The first-order chi connectivity index (χ1) is 16.2. The van der Waals surface area contributed by atoms with Crippen molar-refractivity contribution >= 4 is 17.4 Å². The van der Waals surface area contributed by atoms with E-state index >= 15 is 0 Å². The number of hydrogen-bond donors (Lipinski definition) is 2. The molecule has 0 fully saturated rings. The second kappa shape index (κ2) is 9.22. The third-order valence-electron chi connectivity index (χ3n) is 5.00. The summed E-state index contributed by atoms with van der Waals surface area (Å²) in [6, 6.07) is 9.59. The lowest BCUT2D eigenvalue weighted by Gasteiger charge is -2.10. The molecule has 0 radical (unpaired) electrons. The molecule has 0 bridgehead atoms. The number of imidazole rings is 1. The third-order valence-corrected chi connectivity index (χ3v) is 5.00. The van der Waals surface area contributed by atoms with E-state index in [1.54, 1.807) is 57.4 Å². The Morgan fingerprint density at radius 1 is 1.15 bits per heavy atom. The summed E-state index contributed by atoms with van der Waals surface area (Å²) < 4.78 is 40.2. The molecule has 12 heteroatoms. The highest BCUT2D eigenvalue weighted by molar-refractivity contribution is 5.90. The van der Waals surface area contributed by atoms with Crippen LogP contribution in [0.25, 0.3) is 28.0 Å². The molecule has 0 aliphatic rings. The molecule has 1 unspecified atom stereocenters. The van der Waals surface area contributed by atoms with Gasteiger partial charge in [-0.05, 0) is 25.1 Å². The van der Waals surface area contributed by atoms with Crippen molar-refractivity contribution in [1.29, 1.82) is 5.26 Å². The third kappa shape index (κ3) is 5.15. The highest BCUT2D eigenvalue weighted by Crippen LogP contribution is 2.26. The van der Waals surface area contributed by atoms with Crippen molar-refractivity contribution in [1.82, 2.24) is 29.7 Å². The molecule has 2 amide bonds. The number of nitriles is 1. The van der Waals surface area contributed by atoms with Crippen LogP contribution in [0.15, 0.2) is 55.1 Å². The molecular formula is C22H19F3N8O. The van der Waals surface area contributed by atoms with Gasteiger partial charge in [0.15, 0.2) is 5.65 Å². The zero-order valence-corrected chi connectivity index (χ0v) is 17.9. The van der Waals surface area contributed by atoms with Gasteiger partial charge in [0, 0.05) is 28.6 Å². The summed E-state index contributed by atoms with van der Waals surface area (Å²) in [5.41, 5.74) is 3.84. The van der Waals surface area contributed by atoms with Gasteiger partial charge in [-0.15, -0.1) is 0 Å². The molecule has 0 aliphatic heterocycles.